The molecule has 2 aromatic heterocycles. The SMILES string of the molecule is Cc1ccn2c(C(=O)NCc3ccc(O)cc3)c(C)nc2c1. The van der Waals surface area contributed by atoms with Crippen LogP contribution in [0.5, 0.6) is 5.75 Å². The van der Waals surface area contributed by atoms with Gasteiger partial charge < -0.3 is 10.4 Å². The fourth-order valence-corrected chi connectivity index (χ4v) is 2.42. The lowest BCUT2D eigenvalue weighted by atomic mass is 10.2. The van der Waals surface area contributed by atoms with E-state index < -0.39 is 0 Å². The maximum atomic E-state index is 12.4. The molecule has 3 rings (SSSR count). The summed E-state index contributed by atoms with van der Waals surface area (Å²) in [5, 5.41) is 12.1. The molecular weight excluding hydrogens is 278 g/mol. The Hall–Kier alpha value is -2.82. The van der Waals surface area contributed by atoms with E-state index in [0.717, 1.165) is 16.8 Å². The lowest BCUT2D eigenvalue weighted by molar-refractivity contribution is 0.0944. The molecule has 22 heavy (non-hydrogen) atoms. The molecule has 0 aliphatic heterocycles. The van der Waals surface area contributed by atoms with E-state index in [0.29, 0.717) is 17.9 Å². The number of nitrogens with zero attached hydrogens (tertiary/aromatic N) is 2. The monoisotopic (exact) mass is 295 g/mol. The number of carbonyl (C=O) groups is 1. The molecule has 0 spiro atoms. The summed E-state index contributed by atoms with van der Waals surface area (Å²) < 4.78 is 1.80. The molecule has 5 nitrogen and oxygen atoms in total. The van der Waals surface area contributed by atoms with Crippen molar-refractivity contribution in [1.29, 1.82) is 0 Å². The molecule has 5 heteroatoms. The molecule has 0 aliphatic carbocycles. The van der Waals surface area contributed by atoms with Crippen molar-refractivity contribution < 1.29 is 9.90 Å². The number of aromatic nitrogens is 2. The molecule has 1 amide bonds. The molecule has 0 saturated carbocycles. The Labute approximate surface area is 128 Å². The Morgan fingerprint density at radius 3 is 2.68 bits per heavy atom. The Morgan fingerprint density at radius 2 is 1.95 bits per heavy atom. The number of amides is 1. The summed E-state index contributed by atoms with van der Waals surface area (Å²) >= 11 is 0. The van der Waals surface area contributed by atoms with Gasteiger partial charge in [-0.05, 0) is 49.2 Å². The molecule has 0 saturated heterocycles. The van der Waals surface area contributed by atoms with Gasteiger partial charge in [-0.2, -0.15) is 0 Å². The van der Waals surface area contributed by atoms with Crippen molar-refractivity contribution in [2.24, 2.45) is 0 Å². The van der Waals surface area contributed by atoms with E-state index in [4.69, 9.17) is 0 Å². The highest BCUT2D eigenvalue weighted by atomic mass is 16.3. The summed E-state index contributed by atoms with van der Waals surface area (Å²) in [5.41, 5.74) is 4.05. The summed E-state index contributed by atoms with van der Waals surface area (Å²) in [6.07, 6.45) is 1.86. The van der Waals surface area contributed by atoms with Crippen LogP contribution < -0.4 is 5.32 Å². The van der Waals surface area contributed by atoms with Gasteiger partial charge in [-0.25, -0.2) is 4.98 Å². The van der Waals surface area contributed by atoms with Crippen LogP contribution in [0.3, 0.4) is 0 Å². The summed E-state index contributed by atoms with van der Waals surface area (Å²) in [6, 6.07) is 10.7. The first-order valence-corrected chi connectivity index (χ1v) is 7.06. The summed E-state index contributed by atoms with van der Waals surface area (Å²) in [5.74, 6) is 0.0463. The highest BCUT2D eigenvalue weighted by molar-refractivity contribution is 5.94. The molecule has 0 atom stereocenters. The third kappa shape index (κ3) is 2.65. The van der Waals surface area contributed by atoms with Gasteiger partial charge in [0.05, 0.1) is 5.69 Å². The van der Waals surface area contributed by atoms with Crippen LogP contribution in [0, 0.1) is 13.8 Å². The topological polar surface area (TPSA) is 66.6 Å². The first kappa shape index (κ1) is 14.1. The van der Waals surface area contributed by atoms with Gasteiger partial charge in [0.1, 0.15) is 17.1 Å². The van der Waals surface area contributed by atoms with Gasteiger partial charge in [0.25, 0.3) is 5.91 Å². The molecule has 2 N–H and O–H groups in total. The third-order valence-corrected chi connectivity index (χ3v) is 3.56. The number of fused-ring (bicyclic) bond motifs is 1. The number of phenolic OH excluding ortho intramolecular Hbond substituents is 1. The van der Waals surface area contributed by atoms with E-state index in [-0.39, 0.29) is 11.7 Å². The largest absolute Gasteiger partial charge is 0.508 e. The van der Waals surface area contributed by atoms with Crippen molar-refractivity contribution in [2.45, 2.75) is 20.4 Å². The second-order valence-corrected chi connectivity index (χ2v) is 5.33. The molecule has 0 fully saturated rings. The zero-order valence-corrected chi connectivity index (χ0v) is 12.5. The minimum atomic E-state index is -0.165. The maximum absolute atomic E-state index is 12.4. The van der Waals surface area contributed by atoms with Crippen molar-refractivity contribution >= 4 is 11.6 Å². The van der Waals surface area contributed by atoms with Crippen molar-refractivity contribution in [3.63, 3.8) is 0 Å². The number of imidazole rings is 1. The molecule has 3 aromatic rings. The van der Waals surface area contributed by atoms with Crippen LogP contribution in [-0.4, -0.2) is 20.4 Å². The molecule has 2 heterocycles. The van der Waals surface area contributed by atoms with Gasteiger partial charge in [-0.1, -0.05) is 12.1 Å². The standard InChI is InChI=1S/C17H17N3O2/c1-11-7-8-20-15(9-11)19-12(2)16(20)17(22)18-10-13-3-5-14(21)6-4-13/h3-9,21H,10H2,1-2H3,(H,18,22). The molecular formula is C17H17N3O2. The molecule has 0 bridgehead atoms. The highest BCUT2D eigenvalue weighted by Crippen LogP contribution is 2.14. The van der Waals surface area contributed by atoms with Gasteiger partial charge >= 0.3 is 0 Å². The van der Waals surface area contributed by atoms with Gasteiger partial charge in [0.15, 0.2) is 0 Å². The summed E-state index contributed by atoms with van der Waals surface area (Å²) in [6.45, 7) is 4.23. The second kappa shape index (κ2) is 5.52. The first-order valence-electron chi connectivity index (χ1n) is 7.06. The number of carbonyl (C=O) groups excluding carboxylic acids is 1. The second-order valence-electron chi connectivity index (χ2n) is 5.33. The van der Waals surface area contributed by atoms with Crippen LogP contribution in [-0.2, 0) is 6.54 Å². The highest BCUT2D eigenvalue weighted by Gasteiger charge is 2.16. The van der Waals surface area contributed by atoms with Gasteiger partial charge in [0.2, 0.25) is 0 Å². The lowest BCUT2D eigenvalue weighted by Gasteiger charge is -2.06. The number of aromatic hydroxyl groups is 1. The summed E-state index contributed by atoms with van der Waals surface area (Å²) in [4.78, 5) is 16.9. The van der Waals surface area contributed by atoms with E-state index in [1.54, 1.807) is 28.7 Å². The van der Waals surface area contributed by atoms with Crippen LogP contribution >= 0.6 is 0 Å². The number of hydrogen-bond donors (Lipinski definition) is 2. The van der Waals surface area contributed by atoms with Crippen molar-refractivity contribution in [3.05, 3.63) is 65.1 Å². The Bertz CT molecular complexity index is 835. The van der Waals surface area contributed by atoms with E-state index in [1.165, 1.54) is 0 Å². The van der Waals surface area contributed by atoms with Crippen molar-refractivity contribution in [1.82, 2.24) is 14.7 Å². The predicted octanol–water partition coefficient (Wildman–Crippen LogP) is 2.59. The molecule has 0 radical (unpaired) electrons. The maximum Gasteiger partial charge on any atom is 0.270 e. The molecule has 0 unspecified atom stereocenters. The lowest BCUT2D eigenvalue weighted by Crippen LogP contribution is -2.24. The summed E-state index contributed by atoms with van der Waals surface area (Å²) in [7, 11) is 0. The Morgan fingerprint density at radius 1 is 1.23 bits per heavy atom. The van der Waals surface area contributed by atoms with Crippen LogP contribution in [0.2, 0.25) is 0 Å². The van der Waals surface area contributed by atoms with Crippen LogP contribution in [0.4, 0.5) is 0 Å². The van der Waals surface area contributed by atoms with Crippen LogP contribution in [0.1, 0.15) is 27.3 Å². The average Bonchev–Trinajstić information content (AvgIpc) is 2.81. The minimum absolute atomic E-state index is 0.165. The normalized spacial score (nSPS) is 10.8. The first-order chi connectivity index (χ1) is 10.5. The molecule has 1 aromatic carbocycles. The quantitative estimate of drug-likeness (QED) is 0.780. The number of benzene rings is 1. The fraction of sp³-hybridized carbons (Fsp3) is 0.176. The number of hydrogen-bond acceptors (Lipinski definition) is 3. The molecule has 112 valence electrons. The fourth-order valence-electron chi connectivity index (χ4n) is 2.42. The smallest absolute Gasteiger partial charge is 0.270 e. The number of rotatable bonds is 3. The van der Waals surface area contributed by atoms with Gasteiger partial charge in [-0.15, -0.1) is 0 Å². The Balaban J connectivity index is 1.83. The number of phenols is 1. The van der Waals surface area contributed by atoms with Crippen LogP contribution in [0.25, 0.3) is 5.65 Å². The van der Waals surface area contributed by atoms with Crippen LogP contribution in [0.15, 0.2) is 42.6 Å². The number of pyridine rings is 1. The zero-order valence-electron chi connectivity index (χ0n) is 12.5. The third-order valence-electron chi connectivity index (χ3n) is 3.56. The number of nitrogens with one attached hydrogen (secondary N) is 1. The Kier molecular flexibility index (Phi) is 3.55. The van der Waals surface area contributed by atoms with Crippen molar-refractivity contribution in [3.8, 4) is 5.75 Å². The molecule has 0 aliphatic rings. The zero-order chi connectivity index (χ0) is 15.7. The van der Waals surface area contributed by atoms with Gasteiger partial charge in [-0.3, -0.25) is 9.20 Å². The van der Waals surface area contributed by atoms with E-state index in [9.17, 15) is 9.90 Å². The van der Waals surface area contributed by atoms with E-state index in [1.807, 2.05) is 32.2 Å². The van der Waals surface area contributed by atoms with E-state index >= 15 is 0 Å². The number of aryl methyl sites for hydroxylation is 2. The van der Waals surface area contributed by atoms with Gasteiger partial charge in [0, 0.05) is 12.7 Å². The van der Waals surface area contributed by atoms with E-state index in [2.05, 4.69) is 10.3 Å². The predicted molar refractivity (Wildman–Crippen MR) is 83.9 cm³/mol. The van der Waals surface area contributed by atoms with Crippen molar-refractivity contribution in [2.75, 3.05) is 0 Å². The minimum Gasteiger partial charge on any atom is -0.508 e. The average molecular weight is 295 g/mol.